The number of nitrogens with zero attached hydrogens (tertiary/aromatic N) is 2. The Morgan fingerprint density at radius 3 is 1.85 bits per heavy atom. The molecule has 0 unspecified atom stereocenters. The molecule has 0 radical (unpaired) electrons. The first-order chi connectivity index (χ1) is 9.43. The van der Waals surface area contributed by atoms with Crippen molar-refractivity contribution in [2.45, 2.75) is 27.7 Å². The second kappa shape index (κ2) is 4.03. The van der Waals surface area contributed by atoms with E-state index in [0.717, 1.165) is 11.1 Å². The largest absolute Gasteiger partial charge is 0.280 e. The minimum absolute atomic E-state index is 0.265. The number of carbonyl (C=O) groups excluding carboxylic acids is 2. The maximum atomic E-state index is 12.6. The molecule has 20 heavy (non-hydrogen) atoms. The number of rotatable bonds is 1. The molecule has 2 aromatic rings. The lowest BCUT2D eigenvalue weighted by atomic mass is 9.99. The van der Waals surface area contributed by atoms with Crippen LogP contribution in [0.1, 0.15) is 43.2 Å². The van der Waals surface area contributed by atoms with Crippen LogP contribution in [0, 0.1) is 27.7 Å². The van der Waals surface area contributed by atoms with Gasteiger partial charge in [0.2, 0.25) is 0 Å². The van der Waals surface area contributed by atoms with Gasteiger partial charge in [0.05, 0.1) is 28.2 Å². The van der Waals surface area contributed by atoms with Gasteiger partial charge in [-0.2, -0.15) is 5.10 Å². The molecule has 5 nitrogen and oxygen atoms in total. The molecular formula is C15H15N3O2. The number of H-pyrrole nitrogens is 1. The van der Waals surface area contributed by atoms with Crippen molar-refractivity contribution in [1.82, 2.24) is 10.2 Å². The van der Waals surface area contributed by atoms with Crippen LogP contribution in [0.25, 0.3) is 0 Å². The van der Waals surface area contributed by atoms with Gasteiger partial charge >= 0.3 is 0 Å². The predicted molar refractivity (Wildman–Crippen MR) is 75.1 cm³/mol. The van der Waals surface area contributed by atoms with E-state index in [4.69, 9.17) is 0 Å². The summed E-state index contributed by atoms with van der Waals surface area (Å²) >= 11 is 0. The summed E-state index contributed by atoms with van der Waals surface area (Å²) in [6.45, 7) is 7.28. The Morgan fingerprint density at radius 2 is 1.45 bits per heavy atom. The number of aromatic amines is 1. The Bertz CT molecular complexity index is 698. The fourth-order valence-electron chi connectivity index (χ4n) is 2.76. The number of benzene rings is 1. The van der Waals surface area contributed by atoms with E-state index in [1.54, 1.807) is 13.8 Å². The third kappa shape index (κ3) is 1.46. The fourth-order valence-corrected chi connectivity index (χ4v) is 2.76. The Morgan fingerprint density at radius 1 is 0.950 bits per heavy atom. The van der Waals surface area contributed by atoms with Crippen LogP contribution in [0.5, 0.6) is 0 Å². The minimum Gasteiger partial charge on any atom is -0.280 e. The number of imide groups is 1. The van der Waals surface area contributed by atoms with Crippen LogP contribution in [-0.2, 0) is 0 Å². The summed E-state index contributed by atoms with van der Waals surface area (Å²) in [7, 11) is 0. The zero-order valence-corrected chi connectivity index (χ0v) is 11.9. The van der Waals surface area contributed by atoms with Gasteiger partial charge in [0, 0.05) is 0 Å². The van der Waals surface area contributed by atoms with Crippen LogP contribution in [0.3, 0.4) is 0 Å². The highest BCUT2D eigenvalue weighted by Gasteiger charge is 2.40. The number of anilines is 1. The van der Waals surface area contributed by atoms with Crippen molar-refractivity contribution in [3.05, 3.63) is 45.8 Å². The van der Waals surface area contributed by atoms with Gasteiger partial charge in [-0.05, 0) is 38.8 Å². The van der Waals surface area contributed by atoms with Crippen molar-refractivity contribution in [1.29, 1.82) is 0 Å². The lowest BCUT2D eigenvalue weighted by Gasteiger charge is -2.14. The van der Waals surface area contributed by atoms with Crippen molar-refractivity contribution >= 4 is 17.5 Å². The van der Waals surface area contributed by atoms with Crippen LogP contribution >= 0.6 is 0 Å². The summed E-state index contributed by atoms with van der Waals surface area (Å²) in [4.78, 5) is 26.5. The Labute approximate surface area is 116 Å². The molecular weight excluding hydrogens is 254 g/mol. The Hall–Kier alpha value is -2.43. The first-order valence-electron chi connectivity index (χ1n) is 6.44. The van der Waals surface area contributed by atoms with Crippen molar-refractivity contribution in [2.24, 2.45) is 0 Å². The third-order valence-corrected chi connectivity index (χ3v) is 3.77. The Balaban J connectivity index is 2.25. The molecule has 0 bridgehead atoms. The summed E-state index contributed by atoms with van der Waals surface area (Å²) < 4.78 is 0. The zero-order chi connectivity index (χ0) is 14.6. The van der Waals surface area contributed by atoms with Crippen LogP contribution in [0.4, 0.5) is 5.69 Å². The number of nitrogens with one attached hydrogen (secondary N) is 1. The highest BCUT2D eigenvalue weighted by atomic mass is 16.2. The third-order valence-electron chi connectivity index (χ3n) is 3.77. The molecule has 0 saturated heterocycles. The van der Waals surface area contributed by atoms with Gasteiger partial charge in [-0.3, -0.25) is 14.7 Å². The molecule has 0 saturated carbocycles. The second-order valence-electron chi connectivity index (χ2n) is 5.18. The molecule has 0 spiro atoms. The fraction of sp³-hybridized carbons (Fsp3) is 0.267. The number of aromatic nitrogens is 2. The number of hydrogen-bond donors (Lipinski definition) is 1. The number of aryl methyl sites for hydroxylation is 4. The van der Waals surface area contributed by atoms with E-state index in [0.29, 0.717) is 28.2 Å². The Kier molecular flexibility index (Phi) is 2.54. The molecule has 102 valence electrons. The molecule has 1 aliphatic heterocycles. The highest BCUT2D eigenvalue weighted by molar-refractivity contribution is 6.35. The van der Waals surface area contributed by atoms with E-state index in [-0.39, 0.29) is 11.8 Å². The first kappa shape index (κ1) is 12.6. The van der Waals surface area contributed by atoms with Crippen molar-refractivity contribution in [2.75, 3.05) is 4.90 Å². The van der Waals surface area contributed by atoms with Gasteiger partial charge < -0.3 is 0 Å². The zero-order valence-electron chi connectivity index (χ0n) is 11.9. The topological polar surface area (TPSA) is 66.1 Å². The van der Waals surface area contributed by atoms with Crippen molar-refractivity contribution < 1.29 is 9.59 Å². The lowest BCUT2D eigenvalue weighted by Crippen LogP contribution is -2.30. The molecule has 2 heterocycles. The molecule has 0 atom stereocenters. The molecule has 1 aliphatic rings. The lowest BCUT2D eigenvalue weighted by molar-refractivity contribution is 0.0925. The molecule has 5 heteroatoms. The maximum absolute atomic E-state index is 12.6. The van der Waals surface area contributed by atoms with Gasteiger partial charge in [-0.15, -0.1) is 0 Å². The normalized spacial score (nSPS) is 14.1. The molecule has 1 aromatic heterocycles. The molecule has 3 rings (SSSR count). The van der Waals surface area contributed by atoms with E-state index in [9.17, 15) is 9.59 Å². The monoisotopic (exact) mass is 269 g/mol. The summed E-state index contributed by atoms with van der Waals surface area (Å²) in [6.07, 6.45) is 0. The standard InChI is InChI=1S/C15H15N3O2/c1-7-5-6-8(2)12-11(7)14(19)18(15(12)20)13-9(3)16-17-10(13)4/h5-6H,1-4H3,(H,16,17). The second-order valence-corrected chi connectivity index (χ2v) is 5.18. The van der Waals surface area contributed by atoms with Crippen LogP contribution in [-0.4, -0.2) is 22.0 Å². The smallest absolute Gasteiger partial charge is 0.266 e. The van der Waals surface area contributed by atoms with Crippen molar-refractivity contribution in [3.63, 3.8) is 0 Å². The maximum Gasteiger partial charge on any atom is 0.266 e. The van der Waals surface area contributed by atoms with Gasteiger partial charge in [-0.25, -0.2) is 4.90 Å². The van der Waals surface area contributed by atoms with E-state index in [2.05, 4.69) is 10.2 Å². The molecule has 0 fully saturated rings. The highest BCUT2D eigenvalue weighted by Crippen LogP contribution is 2.34. The number of amides is 2. The van der Waals surface area contributed by atoms with Crippen LogP contribution in [0.2, 0.25) is 0 Å². The first-order valence-corrected chi connectivity index (χ1v) is 6.44. The molecule has 1 N–H and O–H groups in total. The van der Waals surface area contributed by atoms with Gasteiger partial charge in [0.15, 0.2) is 0 Å². The predicted octanol–water partition coefficient (Wildman–Crippen LogP) is 2.44. The van der Waals surface area contributed by atoms with Crippen LogP contribution in [0.15, 0.2) is 12.1 Å². The summed E-state index contributed by atoms with van der Waals surface area (Å²) in [5.74, 6) is -0.530. The van der Waals surface area contributed by atoms with E-state index >= 15 is 0 Å². The summed E-state index contributed by atoms with van der Waals surface area (Å²) in [6, 6.07) is 3.75. The average molecular weight is 269 g/mol. The SMILES string of the molecule is Cc1ccc(C)c2c1C(=O)N(c1c(C)n[nH]c1C)C2=O. The quantitative estimate of drug-likeness (QED) is 0.809. The molecule has 1 aromatic carbocycles. The number of carbonyl (C=O) groups is 2. The van der Waals surface area contributed by atoms with Crippen LogP contribution < -0.4 is 4.90 Å². The summed E-state index contributed by atoms with van der Waals surface area (Å²) in [5.41, 5.74) is 4.59. The number of fused-ring (bicyclic) bond motifs is 1. The minimum atomic E-state index is -0.265. The summed E-state index contributed by atoms with van der Waals surface area (Å²) in [5, 5.41) is 6.88. The van der Waals surface area contributed by atoms with Crippen molar-refractivity contribution in [3.8, 4) is 0 Å². The average Bonchev–Trinajstić information content (AvgIpc) is 2.85. The van der Waals surface area contributed by atoms with Gasteiger partial charge in [-0.1, -0.05) is 12.1 Å². The van der Waals surface area contributed by atoms with E-state index < -0.39 is 0 Å². The van der Waals surface area contributed by atoms with E-state index in [1.165, 1.54) is 4.90 Å². The number of hydrogen-bond acceptors (Lipinski definition) is 3. The van der Waals surface area contributed by atoms with Gasteiger partial charge in [0.25, 0.3) is 11.8 Å². The van der Waals surface area contributed by atoms with E-state index in [1.807, 2.05) is 26.0 Å². The molecule has 2 amide bonds. The molecule has 0 aliphatic carbocycles. The van der Waals surface area contributed by atoms with Gasteiger partial charge in [0.1, 0.15) is 0 Å².